The Kier molecular flexibility index (Phi) is 6.50. The van der Waals surface area contributed by atoms with Gasteiger partial charge in [0.25, 0.3) is 5.91 Å². The quantitative estimate of drug-likeness (QED) is 0.472. The van der Waals surface area contributed by atoms with Gasteiger partial charge in [-0.15, -0.1) is 0 Å². The van der Waals surface area contributed by atoms with Crippen molar-refractivity contribution in [2.45, 2.75) is 30.7 Å². The molecule has 0 aliphatic heterocycles. The maximum Gasteiger partial charge on any atom is 0.255 e. The lowest BCUT2D eigenvalue weighted by molar-refractivity contribution is 0.102. The molecule has 0 spiro atoms. The van der Waals surface area contributed by atoms with Crippen molar-refractivity contribution >= 4 is 38.9 Å². The minimum atomic E-state index is -3.73. The van der Waals surface area contributed by atoms with Crippen LogP contribution in [-0.4, -0.2) is 21.4 Å². The molecule has 0 radical (unpaired) electrons. The molecule has 3 N–H and O–H groups in total. The molecule has 0 unspecified atom stereocenters. The number of carbonyl (C=O) groups is 1. The number of halogens is 1. The zero-order valence-corrected chi connectivity index (χ0v) is 19.2. The Morgan fingerprint density at radius 2 is 1.69 bits per heavy atom. The van der Waals surface area contributed by atoms with E-state index >= 15 is 0 Å². The van der Waals surface area contributed by atoms with Gasteiger partial charge in [0.15, 0.2) is 0 Å². The van der Waals surface area contributed by atoms with Crippen molar-refractivity contribution in [3.05, 3.63) is 87.9 Å². The van der Waals surface area contributed by atoms with Gasteiger partial charge in [0.2, 0.25) is 10.0 Å². The fraction of sp³-hybridized carbons (Fsp3) is 0.208. The zero-order valence-electron chi connectivity index (χ0n) is 17.6. The molecule has 0 atom stereocenters. The van der Waals surface area contributed by atoms with Crippen LogP contribution >= 0.6 is 11.6 Å². The normalized spacial score (nSPS) is 12.9. The van der Waals surface area contributed by atoms with Gasteiger partial charge in [-0.2, -0.15) is 0 Å². The summed E-state index contributed by atoms with van der Waals surface area (Å²) in [7, 11) is -2.39. The van der Waals surface area contributed by atoms with Crippen LogP contribution in [0.4, 0.5) is 11.4 Å². The first-order valence-electron chi connectivity index (χ1n) is 10.3. The van der Waals surface area contributed by atoms with Crippen LogP contribution < -0.4 is 15.4 Å². The van der Waals surface area contributed by atoms with Crippen LogP contribution in [0.15, 0.2) is 65.6 Å². The third kappa shape index (κ3) is 5.12. The number of rotatable bonds is 7. The molecule has 6 nitrogen and oxygen atoms in total. The van der Waals surface area contributed by atoms with Crippen LogP contribution in [0.5, 0.6) is 0 Å². The second kappa shape index (κ2) is 9.32. The van der Waals surface area contributed by atoms with Crippen LogP contribution in [0.3, 0.4) is 0 Å². The Morgan fingerprint density at radius 3 is 2.44 bits per heavy atom. The molecule has 3 aromatic carbocycles. The van der Waals surface area contributed by atoms with Crippen LogP contribution in [0, 0.1) is 0 Å². The van der Waals surface area contributed by atoms with E-state index in [-0.39, 0.29) is 16.4 Å². The highest BCUT2D eigenvalue weighted by molar-refractivity contribution is 7.89. The maximum atomic E-state index is 13.0. The van der Waals surface area contributed by atoms with Gasteiger partial charge in [-0.1, -0.05) is 29.8 Å². The van der Waals surface area contributed by atoms with E-state index in [1.54, 1.807) is 18.2 Å². The molecular weight excluding hydrogens is 446 g/mol. The fourth-order valence-corrected chi connectivity index (χ4v) is 4.69. The number of benzene rings is 3. The highest BCUT2D eigenvalue weighted by atomic mass is 35.5. The van der Waals surface area contributed by atoms with E-state index < -0.39 is 10.0 Å². The van der Waals surface area contributed by atoms with E-state index in [0.29, 0.717) is 22.9 Å². The van der Waals surface area contributed by atoms with E-state index in [4.69, 9.17) is 11.6 Å². The molecule has 0 heterocycles. The standard InChI is InChI=1S/C24H24ClN3O3S/c1-26-32(30,31)23-13-19(12-22(14-23)27-15-16-5-8-20(25)9-6-16)24(29)28-21-10-7-17-3-2-4-18(17)11-21/h5-14,26-27H,2-4,15H2,1H3,(H,28,29). The average Bonchev–Trinajstić information content (AvgIpc) is 3.26. The average molecular weight is 470 g/mol. The number of aryl methyl sites for hydroxylation is 2. The Bertz CT molecular complexity index is 1260. The minimum Gasteiger partial charge on any atom is -0.381 e. The molecule has 0 saturated heterocycles. The van der Waals surface area contributed by atoms with E-state index in [1.165, 1.54) is 30.3 Å². The number of hydrogen-bond acceptors (Lipinski definition) is 4. The molecule has 166 valence electrons. The van der Waals surface area contributed by atoms with Crippen LogP contribution in [0.1, 0.15) is 33.5 Å². The first kappa shape index (κ1) is 22.3. The molecule has 1 aliphatic rings. The highest BCUT2D eigenvalue weighted by Crippen LogP contribution is 2.26. The summed E-state index contributed by atoms with van der Waals surface area (Å²) in [4.78, 5) is 13.0. The highest BCUT2D eigenvalue weighted by Gasteiger charge is 2.18. The van der Waals surface area contributed by atoms with Gasteiger partial charge in [0.05, 0.1) is 4.90 Å². The van der Waals surface area contributed by atoms with Gasteiger partial charge in [0, 0.05) is 28.5 Å². The zero-order chi connectivity index (χ0) is 22.7. The van der Waals surface area contributed by atoms with Crippen molar-refractivity contribution in [1.82, 2.24) is 4.72 Å². The fourth-order valence-electron chi connectivity index (χ4n) is 3.76. The summed E-state index contributed by atoms with van der Waals surface area (Å²) in [6.07, 6.45) is 3.20. The lowest BCUT2D eigenvalue weighted by Gasteiger charge is -2.13. The van der Waals surface area contributed by atoms with E-state index in [1.807, 2.05) is 30.3 Å². The number of hydrogen-bond donors (Lipinski definition) is 3. The Hall–Kier alpha value is -2.87. The molecule has 0 saturated carbocycles. The summed E-state index contributed by atoms with van der Waals surface area (Å²) in [6.45, 7) is 0.451. The summed E-state index contributed by atoms with van der Waals surface area (Å²) in [6, 6.07) is 17.8. The molecular formula is C24H24ClN3O3S. The molecule has 4 rings (SSSR count). The minimum absolute atomic E-state index is 0.0141. The summed E-state index contributed by atoms with van der Waals surface area (Å²) >= 11 is 5.93. The first-order chi connectivity index (χ1) is 15.3. The Labute approximate surface area is 193 Å². The summed E-state index contributed by atoms with van der Waals surface area (Å²) in [5, 5.41) is 6.73. The molecule has 32 heavy (non-hydrogen) atoms. The van der Waals surface area contributed by atoms with Crippen molar-refractivity contribution in [1.29, 1.82) is 0 Å². The Morgan fingerprint density at radius 1 is 0.938 bits per heavy atom. The molecule has 0 fully saturated rings. The lowest BCUT2D eigenvalue weighted by Crippen LogP contribution is -2.20. The molecule has 8 heteroatoms. The predicted molar refractivity (Wildman–Crippen MR) is 128 cm³/mol. The number of amides is 1. The first-order valence-corrected chi connectivity index (χ1v) is 12.2. The topological polar surface area (TPSA) is 87.3 Å². The van der Waals surface area contributed by atoms with Crippen molar-refractivity contribution < 1.29 is 13.2 Å². The largest absolute Gasteiger partial charge is 0.381 e. The van der Waals surface area contributed by atoms with Gasteiger partial charge in [-0.25, -0.2) is 13.1 Å². The van der Waals surface area contributed by atoms with E-state index in [2.05, 4.69) is 15.4 Å². The van der Waals surface area contributed by atoms with Gasteiger partial charge in [-0.05, 0) is 85.5 Å². The number of sulfonamides is 1. The van der Waals surface area contributed by atoms with Crippen molar-refractivity contribution in [2.24, 2.45) is 0 Å². The van der Waals surface area contributed by atoms with E-state index in [9.17, 15) is 13.2 Å². The number of anilines is 2. The van der Waals surface area contributed by atoms with Crippen molar-refractivity contribution in [2.75, 3.05) is 17.7 Å². The van der Waals surface area contributed by atoms with Crippen LogP contribution in [-0.2, 0) is 29.4 Å². The van der Waals surface area contributed by atoms with Gasteiger partial charge in [0.1, 0.15) is 0 Å². The molecule has 0 aromatic heterocycles. The number of fused-ring (bicyclic) bond motifs is 1. The predicted octanol–water partition coefficient (Wildman–Crippen LogP) is 4.60. The van der Waals surface area contributed by atoms with Gasteiger partial charge >= 0.3 is 0 Å². The summed E-state index contributed by atoms with van der Waals surface area (Å²) in [5.74, 6) is -0.370. The molecule has 1 aliphatic carbocycles. The second-order valence-corrected chi connectivity index (χ2v) is 10.0. The lowest BCUT2D eigenvalue weighted by atomic mass is 10.1. The third-order valence-corrected chi connectivity index (χ3v) is 7.16. The van der Waals surface area contributed by atoms with Crippen molar-refractivity contribution in [3.8, 4) is 0 Å². The number of nitrogens with one attached hydrogen (secondary N) is 3. The SMILES string of the molecule is CNS(=O)(=O)c1cc(NCc2ccc(Cl)cc2)cc(C(=O)Nc2ccc3c(c2)CCC3)c1. The maximum absolute atomic E-state index is 13.0. The molecule has 3 aromatic rings. The molecule has 0 bridgehead atoms. The second-order valence-electron chi connectivity index (χ2n) is 7.72. The van der Waals surface area contributed by atoms with Gasteiger partial charge in [-0.3, -0.25) is 4.79 Å². The monoisotopic (exact) mass is 469 g/mol. The summed E-state index contributed by atoms with van der Waals surface area (Å²) < 4.78 is 27.2. The van der Waals surface area contributed by atoms with Crippen LogP contribution in [0.25, 0.3) is 0 Å². The van der Waals surface area contributed by atoms with Gasteiger partial charge < -0.3 is 10.6 Å². The smallest absolute Gasteiger partial charge is 0.255 e. The number of carbonyl (C=O) groups excluding carboxylic acids is 1. The third-order valence-electron chi connectivity index (χ3n) is 5.51. The van der Waals surface area contributed by atoms with Crippen molar-refractivity contribution in [3.63, 3.8) is 0 Å². The molecule has 1 amide bonds. The van der Waals surface area contributed by atoms with E-state index in [0.717, 1.165) is 24.8 Å². The van der Waals surface area contributed by atoms with Crippen LogP contribution in [0.2, 0.25) is 5.02 Å². The summed E-state index contributed by atoms with van der Waals surface area (Å²) in [5.41, 5.74) is 5.02. The Balaban J connectivity index is 1.59.